The number of halogens is 2. The Hall–Kier alpha value is -1.26. The highest BCUT2D eigenvalue weighted by molar-refractivity contribution is 6.33. The lowest BCUT2D eigenvalue weighted by atomic mass is 10.2. The van der Waals surface area contributed by atoms with Gasteiger partial charge in [-0.3, -0.25) is 9.59 Å². The average molecular weight is 317 g/mol. The van der Waals surface area contributed by atoms with Crippen molar-refractivity contribution >= 4 is 40.7 Å². The van der Waals surface area contributed by atoms with Gasteiger partial charge in [0.05, 0.1) is 17.3 Å². The largest absolute Gasteiger partial charge is 0.336 e. The molecule has 110 valence electrons. The van der Waals surface area contributed by atoms with Crippen LogP contribution in [0.15, 0.2) is 24.3 Å². The fraction of sp³-hybridized carbons (Fsp3) is 0.429. The molecule has 0 aliphatic rings. The van der Waals surface area contributed by atoms with Crippen LogP contribution in [0.3, 0.4) is 0 Å². The normalized spacial score (nSPS) is 10.2. The zero-order chi connectivity index (χ0) is 15.0. The molecule has 0 radical (unpaired) electrons. The molecule has 0 aliphatic heterocycles. The molecule has 0 fully saturated rings. The molecule has 0 bridgehead atoms. The molecule has 4 nitrogen and oxygen atoms in total. The summed E-state index contributed by atoms with van der Waals surface area (Å²) < 4.78 is 0. The highest BCUT2D eigenvalue weighted by Crippen LogP contribution is 2.20. The number of nitrogens with zero attached hydrogens (tertiary/aromatic N) is 1. The van der Waals surface area contributed by atoms with Crippen LogP contribution in [0.1, 0.15) is 19.3 Å². The molecule has 0 saturated carbocycles. The third kappa shape index (κ3) is 5.80. The molecule has 0 saturated heterocycles. The lowest BCUT2D eigenvalue weighted by molar-refractivity contribution is -0.133. The number of benzene rings is 1. The van der Waals surface area contributed by atoms with Crippen LogP contribution in [0.25, 0.3) is 0 Å². The maximum absolute atomic E-state index is 11.8. The average Bonchev–Trinajstić information content (AvgIpc) is 2.41. The van der Waals surface area contributed by atoms with E-state index in [1.165, 1.54) is 4.90 Å². The van der Waals surface area contributed by atoms with Crippen molar-refractivity contribution in [2.75, 3.05) is 24.8 Å². The van der Waals surface area contributed by atoms with E-state index in [1.54, 1.807) is 31.3 Å². The van der Waals surface area contributed by atoms with Crippen molar-refractivity contribution in [1.82, 2.24) is 4.90 Å². The number of alkyl halides is 1. The van der Waals surface area contributed by atoms with Gasteiger partial charge < -0.3 is 10.2 Å². The zero-order valence-corrected chi connectivity index (χ0v) is 12.9. The van der Waals surface area contributed by atoms with E-state index in [9.17, 15) is 9.59 Å². The van der Waals surface area contributed by atoms with E-state index >= 15 is 0 Å². The smallest absolute Gasteiger partial charge is 0.244 e. The fourth-order valence-electron chi connectivity index (χ4n) is 1.62. The third-order valence-corrected chi connectivity index (χ3v) is 3.33. The van der Waals surface area contributed by atoms with Gasteiger partial charge in [-0.2, -0.15) is 0 Å². The van der Waals surface area contributed by atoms with Crippen LogP contribution in [-0.4, -0.2) is 36.2 Å². The van der Waals surface area contributed by atoms with E-state index in [-0.39, 0.29) is 18.4 Å². The molecule has 6 heteroatoms. The third-order valence-electron chi connectivity index (χ3n) is 2.73. The number of para-hydroxylation sites is 1. The number of hydrogen-bond acceptors (Lipinski definition) is 2. The first kappa shape index (κ1) is 16.8. The number of likely N-dealkylation sites (N-methyl/N-ethyl adjacent to an activating group) is 1. The second kappa shape index (κ2) is 8.82. The quantitative estimate of drug-likeness (QED) is 0.620. The van der Waals surface area contributed by atoms with Gasteiger partial charge in [-0.1, -0.05) is 23.7 Å². The topological polar surface area (TPSA) is 49.4 Å². The first-order valence-electron chi connectivity index (χ1n) is 6.39. The fourth-order valence-corrected chi connectivity index (χ4v) is 1.99. The molecule has 0 heterocycles. The van der Waals surface area contributed by atoms with Crippen molar-refractivity contribution in [2.45, 2.75) is 19.3 Å². The minimum Gasteiger partial charge on any atom is -0.336 e. The molecule has 1 N–H and O–H groups in total. The van der Waals surface area contributed by atoms with Crippen LogP contribution in [0, 0.1) is 0 Å². The maximum atomic E-state index is 11.8. The van der Waals surface area contributed by atoms with Gasteiger partial charge in [-0.05, 0) is 25.0 Å². The maximum Gasteiger partial charge on any atom is 0.244 e. The molecule has 0 spiro atoms. The molecule has 0 aromatic heterocycles. The van der Waals surface area contributed by atoms with Crippen LogP contribution in [0.5, 0.6) is 0 Å². The number of nitrogens with one attached hydrogen (secondary N) is 1. The van der Waals surface area contributed by atoms with Gasteiger partial charge in [0.1, 0.15) is 0 Å². The lowest BCUT2D eigenvalue weighted by Crippen LogP contribution is -2.34. The lowest BCUT2D eigenvalue weighted by Gasteiger charge is -2.17. The Morgan fingerprint density at radius 1 is 1.25 bits per heavy atom. The van der Waals surface area contributed by atoms with Gasteiger partial charge in [0.15, 0.2) is 0 Å². The van der Waals surface area contributed by atoms with E-state index in [0.717, 1.165) is 12.8 Å². The minimum absolute atomic E-state index is 0.00489. The highest BCUT2D eigenvalue weighted by Gasteiger charge is 2.13. The SMILES string of the molecule is CN(CC(=O)Nc1ccccc1Cl)C(=O)CCCCCl. The standard InChI is InChI=1S/C14H18Cl2N2O2/c1-18(14(20)8-4-5-9-15)10-13(19)17-12-7-3-2-6-11(12)16/h2-3,6-7H,4-5,8-10H2,1H3,(H,17,19). The van der Waals surface area contributed by atoms with E-state index in [2.05, 4.69) is 5.32 Å². The Kier molecular flexibility index (Phi) is 7.41. The highest BCUT2D eigenvalue weighted by atomic mass is 35.5. The minimum atomic E-state index is -0.272. The first-order chi connectivity index (χ1) is 9.54. The van der Waals surface area contributed by atoms with Crippen LogP contribution in [0.4, 0.5) is 5.69 Å². The van der Waals surface area contributed by atoms with Gasteiger partial charge in [0.25, 0.3) is 0 Å². The molecule has 1 aromatic rings. The molecule has 0 unspecified atom stereocenters. The molecule has 0 aliphatic carbocycles. The zero-order valence-electron chi connectivity index (χ0n) is 11.4. The summed E-state index contributed by atoms with van der Waals surface area (Å²) in [6, 6.07) is 6.97. The predicted octanol–water partition coefficient (Wildman–Crippen LogP) is 3.15. The van der Waals surface area contributed by atoms with E-state index in [0.29, 0.717) is 23.0 Å². The summed E-state index contributed by atoms with van der Waals surface area (Å²) >= 11 is 11.5. The van der Waals surface area contributed by atoms with Gasteiger partial charge in [-0.25, -0.2) is 0 Å². The summed E-state index contributed by atoms with van der Waals surface area (Å²) in [5.41, 5.74) is 0.544. The number of hydrogen-bond donors (Lipinski definition) is 1. The Morgan fingerprint density at radius 3 is 2.60 bits per heavy atom. The molecular formula is C14H18Cl2N2O2. The Bertz CT molecular complexity index is 466. The van der Waals surface area contributed by atoms with Crippen molar-refractivity contribution in [3.63, 3.8) is 0 Å². The summed E-state index contributed by atoms with van der Waals surface area (Å²) in [7, 11) is 1.61. The van der Waals surface area contributed by atoms with Gasteiger partial charge in [0.2, 0.25) is 11.8 Å². The van der Waals surface area contributed by atoms with Gasteiger partial charge in [0, 0.05) is 19.3 Å². The second-order valence-electron chi connectivity index (χ2n) is 4.42. The number of amides is 2. The molecular weight excluding hydrogens is 299 g/mol. The van der Waals surface area contributed by atoms with Crippen molar-refractivity contribution in [3.05, 3.63) is 29.3 Å². The number of unbranched alkanes of at least 4 members (excludes halogenated alkanes) is 1. The van der Waals surface area contributed by atoms with Crippen molar-refractivity contribution in [2.24, 2.45) is 0 Å². The Balaban J connectivity index is 2.42. The molecule has 0 atom stereocenters. The first-order valence-corrected chi connectivity index (χ1v) is 7.30. The van der Waals surface area contributed by atoms with Crippen LogP contribution in [-0.2, 0) is 9.59 Å². The number of carbonyl (C=O) groups excluding carboxylic acids is 2. The Morgan fingerprint density at radius 2 is 1.95 bits per heavy atom. The van der Waals surface area contributed by atoms with E-state index in [4.69, 9.17) is 23.2 Å². The van der Waals surface area contributed by atoms with Gasteiger partial charge >= 0.3 is 0 Å². The number of anilines is 1. The summed E-state index contributed by atoms with van der Waals surface area (Å²) in [5, 5.41) is 3.15. The Labute approximate surface area is 129 Å². The number of carbonyl (C=O) groups is 2. The van der Waals surface area contributed by atoms with E-state index < -0.39 is 0 Å². The second-order valence-corrected chi connectivity index (χ2v) is 5.21. The monoisotopic (exact) mass is 316 g/mol. The van der Waals surface area contributed by atoms with Gasteiger partial charge in [-0.15, -0.1) is 11.6 Å². The summed E-state index contributed by atoms with van der Waals surface area (Å²) in [6.07, 6.45) is 1.94. The molecule has 20 heavy (non-hydrogen) atoms. The summed E-state index contributed by atoms with van der Waals surface area (Å²) in [5.74, 6) is 0.208. The molecule has 2 amide bonds. The molecule has 1 aromatic carbocycles. The predicted molar refractivity (Wildman–Crippen MR) is 82.3 cm³/mol. The van der Waals surface area contributed by atoms with Crippen LogP contribution < -0.4 is 5.32 Å². The molecule has 1 rings (SSSR count). The van der Waals surface area contributed by atoms with Crippen molar-refractivity contribution in [1.29, 1.82) is 0 Å². The summed E-state index contributed by atoms with van der Waals surface area (Å²) in [4.78, 5) is 25.0. The van der Waals surface area contributed by atoms with Crippen LogP contribution in [0.2, 0.25) is 5.02 Å². The number of rotatable bonds is 7. The van der Waals surface area contributed by atoms with Crippen molar-refractivity contribution < 1.29 is 9.59 Å². The van der Waals surface area contributed by atoms with E-state index in [1.807, 2.05) is 0 Å². The van der Waals surface area contributed by atoms with Crippen molar-refractivity contribution in [3.8, 4) is 0 Å². The van der Waals surface area contributed by atoms with Crippen LogP contribution >= 0.6 is 23.2 Å². The summed E-state index contributed by atoms with van der Waals surface area (Å²) in [6.45, 7) is 0.00489.